The molecular weight excluding hydrogens is 258 g/mol. The fourth-order valence-electron chi connectivity index (χ4n) is 3.41. The van der Waals surface area contributed by atoms with Crippen LogP contribution in [0.15, 0.2) is 0 Å². The van der Waals surface area contributed by atoms with Crippen molar-refractivity contribution in [2.45, 2.75) is 63.9 Å². The summed E-state index contributed by atoms with van der Waals surface area (Å²) in [5.74, 6) is -0.771. The zero-order valence-corrected chi connectivity index (χ0v) is 12.0. The summed E-state index contributed by atoms with van der Waals surface area (Å²) in [7, 11) is 0. The number of aliphatic carboxylic acids is 1. The molecule has 0 bridgehead atoms. The quantitative estimate of drug-likeness (QED) is 0.782. The van der Waals surface area contributed by atoms with Crippen LogP contribution in [0.4, 0.5) is 0 Å². The van der Waals surface area contributed by atoms with E-state index in [0.29, 0.717) is 13.0 Å². The van der Waals surface area contributed by atoms with Gasteiger partial charge in [-0.2, -0.15) is 0 Å². The molecule has 1 aliphatic carbocycles. The molecule has 1 heterocycles. The SMILES string of the molecule is O=C(O)CC1(CNC(=O)CC2CCCO2)CCCCC1. The van der Waals surface area contributed by atoms with E-state index < -0.39 is 5.97 Å². The maximum Gasteiger partial charge on any atom is 0.303 e. The lowest BCUT2D eigenvalue weighted by molar-refractivity contribution is -0.141. The second-order valence-corrected chi connectivity index (χ2v) is 6.25. The molecule has 2 N–H and O–H groups in total. The summed E-state index contributed by atoms with van der Waals surface area (Å²) in [6.07, 6.45) is 7.70. The van der Waals surface area contributed by atoms with Crippen molar-refractivity contribution in [3.8, 4) is 0 Å². The molecule has 1 unspecified atom stereocenters. The maximum absolute atomic E-state index is 11.9. The fraction of sp³-hybridized carbons (Fsp3) is 0.867. The van der Waals surface area contributed by atoms with E-state index in [1.165, 1.54) is 6.42 Å². The third-order valence-electron chi connectivity index (χ3n) is 4.54. The molecule has 1 saturated heterocycles. The number of ether oxygens (including phenoxy) is 1. The molecule has 20 heavy (non-hydrogen) atoms. The first kappa shape index (κ1) is 15.3. The largest absolute Gasteiger partial charge is 0.481 e. The van der Waals surface area contributed by atoms with Gasteiger partial charge in [0.1, 0.15) is 0 Å². The van der Waals surface area contributed by atoms with E-state index >= 15 is 0 Å². The second kappa shape index (κ2) is 7.07. The number of amides is 1. The number of hydrogen-bond acceptors (Lipinski definition) is 3. The third-order valence-corrected chi connectivity index (χ3v) is 4.54. The predicted octanol–water partition coefficient (Wildman–Crippen LogP) is 2.10. The number of carboxylic acid groups (broad SMARTS) is 1. The smallest absolute Gasteiger partial charge is 0.303 e. The van der Waals surface area contributed by atoms with E-state index in [2.05, 4.69) is 5.32 Å². The first-order chi connectivity index (χ1) is 9.60. The van der Waals surface area contributed by atoms with Gasteiger partial charge >= 0.3 is 5.97 Å². The molecule has 2 aliphatic rings. The first-order valence-electron chi connectivity index (χ1n) is 7.70. The van der Waals surface area contributed by atoms with Gasteiger partial charge in [-0.05, 0) is 31.1 Å². The van der Waals surface area contributed by atoms with E-state index in [9.17, 15) is 9.59 Å². The van der Waals surface area contributed by atoms with Crippen molar-refractivity contribution >= 4 is 11.9 Å². The average Bonchev–Trinajstić information content (AvgIpc) is 2.90. The summed E-state index contributed by atoms with van der Waals surface area (Å²) >= 11 is 0. The molecule has 0 aromatic rings. The molecule has 5 nitrogen and oxygen atoms in total. The molecular formula is C15H25NO4. The molecule has 1 saturated carbocycles. The lowest BCUT2D eigenvalue weighted by atomic mass is 9.71. The van der Waals surface area contributed by atoms with Gasteiger partial charge in [0.05, 0.1) is 18.9 Å². The Bertz CT molecular complexity index is 344. The highest BCUT2D eigenvalue weighted by molar-refractivity contribution is 5.76. The van der Waals surface area contributed by atoms with Crippen molar-refractivity contribution in [1.82, 2.24) is 5.32 Å². The zero-order chi connectivity index (χ0) is 14.4. The van der Waals surface area contributed by atoms with E-state index in [4.69, 9.17) is 9.84 Å². The molecule has 0 aromatic heterocycles. The molecule has 2 fully saturated rings. The Balaban J connectivity index is 1.81. The normalized spacial score (nSPS) is 25.3. The molecule has 1 atom stereocenters. The predicted molar refractivity (Wildman–Crippen MR) is 74.4 cm³/mol. The molecule has 0 spiro atoms. The molecule has 1 aliphatic heterocycles. The van der Waals surface area contributed by atoms with Crippen LogP contribution in [-0.2, 0) is 14.3 Å². The van der Waals surface area contributed by atoms with Crippen LogP contribution in [0.2, 0.25) is 0 Å². The first-order valence-corrected chi connectivity index (χ1v) is 7.70. The fourth-order valence-corrected chi connectivity index (χ4v) is 3.41. The number of hydrogen-bond donors (Lipinski definition) is 2. The highest BCUT2D eigenvalue weighted by Gasteiger charge is 2.34. The number of carbonyl (C=O) groups is 2. The highest BCUT2D eigenvalue weighted by atomic mass is 16.5. The van der Waals surface area contributed by atoms with Gasteiger partial charge in [0.2, 0.25) is 5.91 Å². The Labute approximate surface area is 120 Å². The Morgan fingerprint density at radius 3 is 2.55 bits per heavy atom. The van der Waals surface area contributed by atoms with Crippen LogP contribution < -0.4 is 5.32 Å². The molecule has 114 valence electrons. The van der Waals surface area contributed by atoms with Crippen LogP contribution in [-0.4, -0.2) is 36.2 Å². The van der Waals surface area contributed by atoms with Crippen molar-refractivity contribution in [1.29, 1.82) is 0 Å². The summed E-state index contributed by atoms with van der Waals surface area (Å²) in [6.45, 7) is 1.24. The number of carbonyl (C=O) groups excluding carboxylic acids is 1. The number of nitrogens with one attached hydrogen (secondary N) is 1. The van der Waals surface area contributed by atoms with Gasteiger partial charge < -0.3 is 15.2 Å². The third kappa shape index (κ3) is 4.47. The molecule has 2 rings (SSSR count). The van der Waals surface area contributed by atoms with E-state index in [0.717, 1.165) is 45.1 Å². The standard InChI is InChI=1S/C15H25NO4/c17-13(9-12-5-4-8-20-12)16-11-15(10-14(18)19)6-2-1-3-7-15/h12H,1-11H2,(H,16,17)(H,18,19). The van der Waals surface area contributed by atoms with E-state index in [-0.39, 0.29) is 23.8 Å². The van der Waals surface area contributed by atoms with Gasteiger partial charge in [0.15, 0.2) is 0 Å². The van der Waals surface area contributed by atoms with E-state index in [1.807, 2.05) is 0 Å². The Morgan fingerprint density at radius 2 is 1.95 bits per heavy atom. The Morgan fingerprint density at radius 1 is 1.20 bits per heavy atom. The molecule has 1 amide bonds. The highest BCUT2D eigenvalue weighted by Crippen LogP contribution is 2.38. The molecule has 5 heteroatoms. The van der Waals surface area contributed by atoms with Crippen molar-refractivity contribution in [3.63, 3.8) is 0 Å². The van der Waals surface area contributed by atoms with Gasteiger partial charge in [0, 0.05) is 13.2 Å². The second-order valence-electron chi connectivity index (χ2n) is 6.25. The van der Waals surface area contributed by atoms with Gasteiger partial charge in [-0.1, -0.05) is 19.3 Å². The van der Waals surface area contributed by atoms with Crippen molar-refractivity contribution in [3.05, 3.63) is 0 Å². The summed E-state index contributed by atoms with van der Waals surface area (Å²) < 4.78 is 5.45. The number of rotatable bonds is 6. The minimum atomic E-state index is -0.764. The monoisotopic (exact) mass is 283 g/mol. The van der Waals surface area contributed by atoms with E-state index in [1.54, 1.807) is 0 Å². The Hall–Kier alpha value is -1.10. The van der Waals surface area contributed by atoms with Gasteiger partial charge in [-0.15, -0.1) is 0 Å². The lowest BCUT2D eigenvalue weighted by Gasteiger charge is -2.36. The van der Waals surface area contributed by atoms with Crippen LogP contribution in [0.1, 0.15) is 57.8 Å². The van der Waals surface area contributed by atoms with Crippen molar-refractivity contribution in [2.24, 2.45) is 5.41 Å². The summed E-state index contributed by atoms with van der Waals surface area (Å²) in [4.78, 5) is 23.0. The van der Waals surface area contributed by atoms with Gasteiger partial charge in [-0.25, -0.2) is 0 Å². The van der Waals surface area contributed by atoms with Crippen molar-refractivity contribution in [2.75, 3.05) is 13.2 Å². The van der Waals surface area contributed by atoms with Crippen LogP contribution in [0, 0.1) is 5.41 Å². The number of carboxylic acids is 1. The van der Waals surface area contributed by atoms with Crippen LogP contribution in [0.5, 0.6) is 0 Å². The Kier molecular flexibility index (Phi) is 5.40. The minimum Gasteiger partial charge on any atom is -0.481 e. The summed E-state index contributed by atoms with van der Waals surface area (Å²) in [5.41, 5.74) is -0.240. The minimum absolute atomic E-state index is 0.00719. The van der Waals surface area contributed by atoms with Crippen molar-refractivity contribution < 1.29 is 19.4 Å². The lowest BCUT2D eigenvalue weighted by Crippen LogP contribution is -2.41. The zero-order valence-electron chi connectivity index (χ0n) is 12.0. The maximum atomic E-state index is 11.9. The molecule has 0 aromatic carbocycles. The topological polar surface area (TPSA) is 75.6 Å². The van der Waals surface area contributed by atoms with Crippen LogP contribution in [0.25, 0.3) is 0 Å². The van der Waals surface area contributed by atoms with Crippen LogP contribution >= 0.6 is 0 Å². The summed E-state index contributed by atoms with van der Waals surface area (Å²) in [5, 5.41) is 12.0. The average molecular weight is 283 g/mol. The molecule has 0 radical (unpaired) electrons. The summed E-state index contributed by atoms with van der Waals surface area (Å²) in [6, 6.07) is 0. The van der Waals surface area contributed by atoms with Gasteiger partial charge in [-0.3, -0.25) is 9.59 Å². The van der Waals surface area contributed by atoms with Gasteiger partial charge in [0.25, 0.3) is 0 Å². The van der Waals surface area contributed by atoms with Crippen LogP contribution in [0.3, 0.4) is 0 Å².